The van der Waals surface area contributed by atoms with E-state index in [0.717, 1.165) is 6.42 Å². The van der Waals surface area contributed by atoms with Gasteiger partial charge in [0.25, 0.3) is 10.1 Å². The van der Waals surface area contributed by atoms with Crippen molar-refractivity contribution in [2.75, 3.05) is 12.3 Å². The lowest BCUT2D eigenvalue weighted by molar-refractivity contribution is -0.128. The number of hydrogen-bond donors (Lipinski definition) is 1. The van der Waals surface area contributed by atoms with Crippen LogP contribution in [-0.2, 0) is 14.9 Å². The number of likely N-dealkylation sites (tertiary alicyclic amines) is 1. The summed E-state index contributed by atoms with van der Waals surface area (Å²) in [5, 5.41) is 0. The molecule has 0 amide bonds. The Morgan fingerprint density at radius 2 is 1.55 bits per heavy atom. The standard InChI is InChI=1S/C17H19N.C10H16O4S/c1-14-12-13-18(14)17(15-8-4-2-5-9-15)16-10-6-3-7-11-16;1-9(2)7-3-4-10(9,8(11)5-7)6-15(12,13)14/h2-11,14,17H,12-13H2,1H3;7H,3-6H2,1-2H3,(H,12,13,14). The molecule has 3 fully saturated rings. The number of Topliss-reactive ketones (excluding diaryl/α,β-unsaturated/α-hetero) is 1. The third-order valence-electron chi connectivity index (χ3n) is 8.50. The Morgan fingerprint density at radius 3 is 1.88 bits per heavy atom. The molecule has 1 heterocycles. The Balaban J connectivity index is 0.000000160. The van der Waals surface area contributed by atoms with Crippen molar-refractivity contribution < 1.29 is 17.8 Å². The van der Waals surface area contributed by atoms with Crippen LogP contribution in [0.4, 0.5) is 0 Å². The van der Waals surface area contributed by atoms with Crippen LogP contribution in [0, 0.1) is 16.7 Å². The van der Waals surface area contributed by atoms with Gasteiger partial charge in [-0.15, -0.1) is 0 Å². The molecule has 3 aliphatic rings. The van der Waals surface area contributed by atoms with Gasteiger partial charge in [-0.25, -0.2) is 0 Å². The van der Waals surface area contributed by atoms with Gasteiger partial charge in [0.15, 0.2) is 0 Å². The van der Waals surface area contributed by atoms with E-state index in [1.807, 2.05) is 13.8 Å². The van der Waals surface area contributed by atoms with E-state index in [1.54, 1.807) is 0 Å². The van der Waals surface area contributed by atoms with Gasteiger partial charge in [0.05, 0.1) is 17.2 Å². The topological polar surface area (TPSA) is 74.7 Å². The number of ketones is 1. The number of fused-ring (bicyclic) bond motifs is 2. The number of benzene rings is 2. The predicted molar refractivity (Wildman–Crippen MR) is 130 cm³/mol. The minimum absolute atomic E-state index is 0.0152. The molecule has 2 aliphatic carbocycles. The zero-order chi connectivity index (χ0) is 23.9. The molecule has 2 bridgehead atoms. The first kappa shape index (κ1) is 24.1. The molecule has 3 unspecified atom stereocenters. The number of hydrogen-bond acceptors (Lipinski definition) is 4. The van der Waals surface area contributed by atoms with E-state index in [-0.39, 0.29) is 17.1 Å². The van der Waals surface area contributed by atoms with Gasteiger partial charge in [0.2, 0.25) is 0 Å². The highest BCUT2D eigenvalue weighted by atomic mass is 32.2. The van der Waals surface area contributed by atoms with Crippen molar-refractivity contribution in [1.29, 1.82) is 0 Å². The Morgan fingerprint density at radius 1 is 1.00 bits per heavy atom. The average Bonchev–Trinajstić information content (AvgIpc) is 3.11. The molecule has 1 aliphatic heterocycles. The molecular weight excluding hydrogens is 434 g/mol. The average molecular weight is 470 g/mol. The lowest BCUT2D eigenvalue weighted by Crippen LogP contribution is -2.47. The van der Waals surface area contributed by atoms with Crippen molar-refractivity contribution >= 4 is 15.9 Å². The SMILES string of the molecule is CC1(C)C2CCC1(CS(=O)(=O)O)C(=O)C2.CC1CCN1C(c1ccccc1)c1ccccc1. The van der Waals surface area contributed by atoms with Crippen LogP contribution in [0.5, 0.6) is 0 Å². The summed E-state index contributed by atoms with van der Waals surface area (Å²) in [4.78, 5) is 14.5. The van der Waals surface area contributed by atoms with E-state index < -0.39 is 21.3 Å². The Hall–Kier alpha value is -2.02. The molecule has 2 saturated carbocycles. The summed E-state index contributed by atoms with van der Waals surface area (Å²) < 4.78 is 31.0. The normalized spacial score (nSPS) is 28.3. The number of nitrogens with zero attached hydrogens (tertiary/aromatic N) is 1. The fourth-order valence-electron chi connectivity index (χ4n) is 6.19. The van der Waals surface area contributed by atoms with Crippen LogP contribution in [-0.4, -0.2) is 42.0 Å². The zero-order valence-corrected chi connectivity index (χ0v) is 20.6. The van der Waals surface area contributed by atoms with Crippen LogP contribution < -0.4 is 0 Å². The quantitative estimate of drug-likeness (QED) is 0.614. The molecule has 5 rings (SSSR count). The smallest absolute Gasteiger partial charge is 0.265 e. The molecule has 0 aromatic heterocycles. The second-order valence-corrected chi connectivity index (χ2v) is 11.9. The number of carbonyl (C=O) groups is 1. The first-order chi connectivity index (χ1) is 15.6. The van der Waals surface area contributed by atoms with Gasteiger partial charge in [-0.05, 0) is 48.6 Å². The van der Waals surface area contributed by atoms with E-state index in [0.29, 0.717) is 24.9 Å². The van der Waals surface area contributed by atoms with Crippen molar-refractivity contribution in [2.24, 2.45) is 16.7 Å². The molecule has 33 heavy (non-hydrogen) atoms. The van der Waals surface area contributed by atoms with Gasteiger partial charge in [-0.3, -0.25) is 14.2 Å². The van der Waals surface area contributed by atoms with Crippen molar-refractivity contribution in [3.63, 3.8) is 0 Å². The largest absolute Gasteiger partial charge is 0.299 e. The molecule has 0 spiro atoms. The lowest BCUT2D eigenvalue weighted by Gasteiger charge is -2.45. The number of rotatable bonds is 5. The Bertz CT molecular complexity index is 1040. The summed E-state index contributed by atoms with van der Waals surface area (Å²) in [5.41, 5.74) is 1.68. The van der Waals surface area contributed by atoms with Gasteiger partial charge in [-0.2, -0.15) is 8.42 Å². The Labute approximate surface area is 198 Å². The third kappa shape index (κ3) is 4.53. The highest BCUT2D eigenvalue weighted by Crippen LogP contribution is 2.64. The number of carbonyl (C=O) groups excluding carboxylic acids is 1. The summed E-state index contributed by atoms with van der Waals surface area (Å²) in [6.45, 7) is 7.42. The molecule has 5 nitrogen and oxygen atoms in total. The van der Waals surface area contributed by atoms with Crippen LogP contribution in [0.3, 0.4) is 0 Å². The van der Waals surface area contributed by atoms with Crippen LogP contribution in [0.15, 0.2) is 60.7 Å². The summed E-state index contributed by atoms with van der Waals surface area (Å²) in [6.07, 6.45) is 3.29. The molecule has 1 N–H and O–H groups in total. The van der Waals surface area contributed by atoms with Crippen LogP contribution in [0.1, 0.15) is 63.6 Å². The second-order valence-electron chi connectivity index (χ2n) is 10.5. The van der Waals surface area contributed by atoms with Crippen molar-refractivity contribution in [2.45, 2.75) is 58.5 Å². The van der Waals surface area contributed by atoms with E-state index in [4.69, 9.17) is 4.55 Å². The van der Waals surface area contributed by atoms with Gasteiger partial charge in [-0.1, -0.05) is 74.5 Å². The van der Waals surface area contributed by atoms with E-state index in [9.17, 15) is 13.2 Å². The van der Waals surface area contributed by atoms with Gasteiger partial charge >= 0.3 is 0 Å². The van der Waals surface area contributed by atoms with Crippen LogP contribution >= 0.6 is 0 Å². The lowest BCUT2D eigenvalue weighted by atomic mass is 9.70. The van der Waals surface area contributed by atoms with E-state index in [1.165, 1.54) is 24.1 Å². The summed E-state index contributed by atoms with van der Waals surface area (Å²) in [5.74, 6) is -0.101. The van der Waals surface area contributed by atoms with Gasteiger partial charge in [0.1, 0.15) is 5.78 Å². The highest BCUT2D eigenvalue weighted by molar-refractivity contribution is 7.85. The molecular formula is C27H35NO4S. The first-order valence-corrected chi connectivity index (χ1v) is 13.5. The first-order valence-electron chi connectivity index (χ1n) is 11.9. The van der Waals surface area contributed by atoms with Crippen molar-refractivity contribution in [1.82, 2.24) is 4.90 Å². The molecule has 3 atom stereocenters. The molecule has 2 aromatic rings. The second kappa shape index (κ2) is 8.97. The fraction of sp³-hybridized carbons (Fsp3) is 0.519. The summed E-state index contributed by atoms with van der Waals surface area (Å²) >= 11 is 0. The van der Waals surface area contributed by atoms with Gasteiger partial charge < -0.3 is 0 Å². The minimum atomic E-state index is -4.08. The molecule has 0 radical (unpaired) electrons. The summed E-state index contributed by atoms with van der Waals surface area (Å²) in [6, 6.07) is 22.8. The maximum Gasteiger partial charge on any atom is 0.265 e. The van der Waals surface area contributed by atoms with Gasteiger partial charge in [0, 0.05) is 19.0 Å². The maximum atomic E-state index is 11.9. The van der Waals surface area contributed by atoms with E-state index >= 15 is 0 Å². The molecule has 1 saturated heterocycles. The minimum Gasteiger partial charge on any atom is -0.299 e. The third-order valence-corrected chi connectivity index (χ3v) is 9.36. The Kier molecular flexibility index (Phi) is 6.56. The zero-order valence-electron chi connectivity index (χ0n) is 19.8. The molecule has 2 aromatic carbocycles. The fourth-order valence-corrected chi connectivity index (χ4v) is 7.49. The van der Waals surface area contributed by atoms with E-state index in [2.05, 4.69) is 72.5 Å². The van der Waals surface area contributed by atoms with Crippen LogP contribution in [0.25, 0.3) is 0 Å². The summed E-state index contributed by atoms with van der Waals surface area (Å²) in [7, 11) is -4.08. The van der Waals surface area contributed by atoms with Crippen LogP contribution in [0.2, 0.25) is 0 Å². The molecule has 178 valence electrons. The highest BCUT2D eigenvalue weighted by Gasteiger charge is 2.65. The predicted octanol–water partition coefficient (Wildman–Crippen LogP) is 5.14. The molecule has 6 heteroatoms. The monoisotopic (exact) mass is 469 g/mol. The maximum absolute atomic E-state index is 11.9. The van der Waals surface area contributed by atoms with Crippen molar-refractivity contribution in [3.8, 4) is 0 Å². The van der Waals surface area contributed by atoms with Crippen molar-refractivity contribution in [3.05, 3.63) is 71.8 Å².